The average molecular weight is 333 g/mol. The van der Waals surface area contributed by atoms with Crippen molar-refractivity contribution >= 4 is 37.8 Å². The van der Waals surface area contributed by atoms with Gasteiger partial charge in [0.2, 0.25) is 5.95 Å². The van der Waals surface area contributed by atoms with Crippen molar-refractivity contribution in [3.8, 4) is 0 Å². The molecule has 7 heteroatoms. The van der Waals surface area contributed by atoms with E-state index in [9.17, 15) is 0 Å². The lowest BCUT2D eigenvalue weighted by Gasteiger charge is -2.03. The van der Waals surface area contributed by atoms with Crippen molar-refractivity contribution in [1.82, 2.24) is 19.7 Å². The molecule has 15 heavy (non-hydrogen) atoms. The molecule has 2 N–H and O–H groups in total. The summed E-state index contributed by atoms with van der Waals surface area (Å²) in [6, 6.07) is 1.91. The van der Waals surface area contributed by atoms with Crippen LogP contribution in [0.15, 0.2) is 27.7 Å². The molecule has 0 bridgehead atoms. The van der Waals surface area contributed by atoms with E-state index in [4.69, 9.17) is 5.73 Å². The van der Waals surface area contributed by atoms with Crippen LogP contribution in [0.2, 0.25) is 0 Å². The smallest absolute Gasteiger partial charge is 0.240 e. The maximum atomic E-state index is 5.47. The Bertz CT molecular complexity index is 482. The molecule has 0 aliphatic heterocycles. The summed E-state index contributed by atoms with van der Waals surface area (Å²) >= 11 is 6.69. The first-order chi connectivity index (χ1) is 7.16. The lowest BCUT2D eigenvalue weighted by molar-refractivity contribution is 0.667. The first-order valence-corrected chi connectivity index (χ1v) is 5.69. The summed E-state index contributed by atoms with van der Waals surface area (Å²) in [6.45, 7) is 0.591. The molecular formula is C8H7Br2N5. The van der Waals surface area contributed by atoms with Gasteiger partial charge >= 0.3 is 0 Å². The van der Waals surface area contributed by atoms with E-state index in [1.54, 1.807) is 17.1 Å². The molecule has 0 aliphatic carbocycles. The van der Waals surface area contributed by atoms with Gasteiger partial charge in [0.25, 0.3) is 0 Å². The maximum absolute atomic E-state index is 5.47. The summed E-state index contributed by atoms with van der Waals surface area (Å²) in [5, 5.41) is 4.04. The molecule has 0 saturated carbocycles. The van der Waals surface area contributed by atoms with Gasteiger partial charge in [0, 0.05) is 16.9 Å². The van der Waals surface area contributed by atoms with Crippen LogP contribution in [0.1, 0.15) is 5.56 Å². The predicted octanol–water partition coefficient (Wildman–Crippen LogP) is 1.83. The van der Waals surface area contributed by atoms with Crippen molar-refractivity contribution in [2.24, 2.45) is 0 Å². The predicted molar refractivity (Wildman–Crippen MR) is 63.2 cm³/mol. The fourth-order valence-corrected chi connectivity index (χ4v) is 1.90. The summed E-state index contributed by atoms with van der Waals surface area (Å²) in [5.41, 5.74) is 6.54. The van der Waals surface area contributed by atoms with Gasteiger partial charge in [0.1, 0.15) is 0 Å². The zero-order valence-electron chi connectivity index (χ0n) is 7.56. The van der Waals surface area contributed by atoms with Gasteiger partial charge < -0.3 is 5.73 Å². The lowest BCUT2D eigenvalue weighted by atomic mass is 10.3. The number of aromatic nitrogens is 4. The van der Waals surface area contributed by atoms with Crippen LogP contribution in [0, 0.1) is 0 Å². The van der Waals surface area contributed by atoms with Crippen LogP contribution in [0.4, 0.5) is 5.95 Å². The van der Waals surface area contributed by atoms with Crippen LogP contribution in [-0.4, -0.2) is 19.7 Å². The van der Waals surface area contributed by atoms with Crippen molar-refractivity contribution < 1.29 is 0 Å². The number of hydrogen-bond donors (Lipinski definition) is 1. The number of halogens is 2. The van der Waals surface area contributed by atoms with Crippen LogP contribution in [0.3, 0.4) is 0 Å². The second-order valence-corrected chi connectivity index (χ2v) is 4.43. The summed E-state index contributed by atoms with van der Waals surface area (Å²) in [4.78, 5) is 7.94. The minimum atomic E-state index is 0.257. The van der Waals surface area contributed by atoms with E-state index >= 15 is 0 Å². The third kappa shape index (κ3) is 2.35. The third-order valence-corrected chi connectivity index (χ3v) is 3.12. The Morgan fingerprint density at radius 1 is 1.40 bits per heavy atom. The fraction of sp³-hybridized carbons (Fsp3) is 0.125. The first-order valence-electron chi connectivity index (χ1n) is 4.11. The molecule has 2 heterocycles. The largest absolute Gasteiger partial charge is 0.366 e. The molecule has 2 aromatic rings. The molecule has 0 amide bonds. The van der Waals surface area contributed by atoms with E-state index in [1.165, 1.54) is 0 Å². The standard InChI is InChI=1S/C8H7Br2N5/c9-6-3-12-2-1-5(6)4-15-7(10)13-8(11)14-15/h1-3H,4H2,(H2,11,14). The minimum Gasteiger partial charge on any atom is -0.366 e. The first kappa shape index (κ1) is 10.6. The summed E-state index contributed by atoms with van der Waals surface area (Å²) in [6.07, 6.45) is 3.47. The fourth-order valence-electron chi connectivity index (χ4n) is 1.13. The number of anilines is 1. The molecule has 0 radical (unpaired) electrons. The van der Waals surface area contributed by atoms with E-state index in [-0.39, 0.29) is 5.95 Å². The quantitative estimate of drug-likeness (QED) is 0.910. The SMILES string of the molecule is Nc1nc(Br)n(Cc2ccncc2Br)n1. The zero-order valence-corrected chi connectivity index (χ0v) is 10.7. The second kappa shape index (κ2) is 4.28. The van der Waals surface area contributed by atoms with Crippen LogP contribution >= 0.6 is 31.9 Å². The van der Waals surface area contributed by atoms with E-state index in [1.807, 2.05) is 6.07 Å². The summed E-state index contributed by atoms with van der Waals surface area (Å²) in [7, 11) is 0. The Labute approximate surface area is 103 Å². The highest BCUT2D eigenvalue weighted by atomic mass is 79.9. The van der Waals surface area contributed by atoms with Gasteiger partial charge in [-0.15, -0.1) is 5.10 Å². The Morgan fingerprint density at radius 2 is 2.20 bits per heavy atom. The molecule has 0 aromatic carbocycles. The number of nitrogens with two attached hydrogens (primary N) is 1. The molecule has 0 aliphatic rings. The van der Waals surface area contributed by atoms with Gasteiger partial charge in [-0.3, -0.25) is 4.98 Å². The normalized spacial score (nSPS) is 10.5. The van der Waals surface area contributed by atoms with Crippen LogP contribution in [-0.2, 0) is 6.54 Å². The van der Waals surface area contributed by atoms with Gasteiger partial charge in [-0.25, -0.2) is 4.68 Å². The van der Waals surface area contributed by atoms with Crippen molar-refractivity contribution in [1.29, 1.82) is 0 Å². The number of nitrogens with zero attached hydrogens (tertiary/aromatic N) is 4. The average Bonchev–Trinajstić information content (AvgIpc) is 2.49. The van der Waals surface area contributed by atoms with Crippen LogP contribution in [0.25, 0.3) is 0 Å². The summed E-state index contributed by atoms with van der Waals surface area (Å²) < 4.78 is 3.23. The Morgan fingerprint density at radius 3 is 2.80 bits per heavy atom. The van der Waals surface area contributed by atoms with Crippen molar-refractivity contribution in [3.05, 3.63) is 33.2 Å². The maximum Gasteiger partial charge on any atom is 0.240 e. The monoisotopic (exact) mass is 331 g/mol. The highest BCUT2D eigenvalue weighted by molar-refractivity contribution is 9.10. The number of rotatable bonds is 2. The Balaban J connectivity index is 2.29. The molecule has 2 aromatic heterocycles. The summed E-state index contributed by atoms with van der Waals surface area (Å²) in [5.74, 6) is 0.257. The van der Waals surface area contributed by atoms with E-state index < -0.39 is 0 Å². The zero-order chi connectivity index (χ0) is 10.8. The van der Waals surface area contributed by atoms with Crippen LogP contribution < -0.4 is 5.73 Å². The van der Waals surface area contributed by atoms with E-state index in [0.717, 1.165) is 10.0 Å². The van der Waals surface area contributed by atoms with Gasteiger partial charge in [-0.2, -0.15) is 4.98 Å². The second-order valence-electron chi connectivity index (χ2n) is 2.86. The van der Waals surface area contributed by atoms with Crippen LogP contribution in [0.5, 0.6) is 0 Å². The molecule has 0 atom stereocenters. The van der Waals surface area contributed by atoms with Gasteiger partial charge in [-0.1, -0.05) is 0 Å². The third-order valence-electron chi connectivity index (χ3n) is 1.82. The van der Waals surface area contributed by atoms with E-state index in [0.29, 0.717) is 11.3 Å². The lowest BCUT2D eigenvalue weighted by Crippen LogP contribution is -2.03. The van der Waals surface area contributed by atoms with Crippen molar-refractivity contribution in [2.45, 2.75) is 6.54 Å². The molecule has 2 rings (SSSR count). The number of nitrogen functional groups attached to an aromatic ring is 1. The van der Waals surface area contributed by atoms with Gasteiger partial charge in [0.05, 0.1) is 6.54 Å². The molecule has 78 valence electrons. The highest BCUT2D eigenvalue weighted by Crippen LogP contribution is 2.17. The molecule has 0 unspecified atom stereocenters. The molecule has 5 nitrogen and oxygen atoms in total. The van der Waals surface area contributed by atoms with Gasteiger partial charge in [0.15, 0.2) is 4.73 Å². The van der Waals surface area contributed by atoms with E-state index in [2.05, 4.69) is 46.9 Å². The molecule has 0 saturated heterocycles. The highest BCUT2D eigenvalue weighted by Gasteiger charge is 2.07. The van der Waals surface area contributed by atoms with Gasteiger partial charge in [-0.05, 0) is 43.5 Å². The topological polar surface area (TPSA) is 69.6 Å². The molecule has 0 fully saturated rings. The molecule has 0 spiro atoms. The molecular weight excluding hydrogens is 326 g/mol. The number of hydrogen-bond acceptors (Lipinski definition) is 4. The van der Waals surface area contributed by atoms with Crippen molar-refractivity contribution in [2.75, 3.05) is 5.73 Å². The number of pyridine rings is 1. The van der Waals surface area contributed by atoms with Crippen molar-refractivity contribution in [3.63, 3.8) is 0 Å². The Hall–Kier alpha value is -0.950. The Kier molecular flexibility index (Phi) is 3.01. The minimum absolute atomic E-state index is 0.257.